The third-order valence-corrected chi connectivity index (χ3v) is 3.90. The maximum Gasteiger partial charge on any atom is 0.214 e. The van der Waals surface area contributed by atoms with Crippen molar-refractivity contribution in [2.75, 3.05) is 5.43 Å². The van der Waals surface area contributed by atoms with Crippen LogP contribution >= 0.6 is 12.2 Å². The molecule has 3 aromatic rings. The number of nitrogens with one attached hydrogen (secondary N) is 2. The number of nitrogens with zero attached hydrogens (tertiary/aromatic N) is 2. The van der Waals surface area contributed by atoms with Crippen molar-refractivity contribution in [3.8, 4) is 5.75 Å². The van der Waals surface area contributed by atoms with Gasteiger partial charge in [-0.3, -0.25) is 5.10 Å². The minimum Gasteiger partial charge on any atom is -0.489 e. The maximum atomic E-state index is 6.01. The van der Waals surface area contributed by atoms with Gasteiger partial charge in [-0.25, -0.2) is 4.68 Å². The number of aromatic amines is 1. The Bertz CT molecular complexity index is 840. The van der Waals surface area contributed by atoms with Crippen molar-refractivity contribution in [2.24, 2.45) is 0 Å². The van der Waals surface area contributed by atoms with Gasteiger partial charge < -0.3 is 10.2 Å². The van der Waals surface area contributed by atoms with Crippen molar-refractivity contribution >= 4 is 12.2 Å². The Labute approximate surface area is 139 Å². The smallest absolute Gasteiger partial charge is 0.214 e. The molecule has 0 fully saturated rings. The highest BCUT2D eigenvalue weighted by atomic mass is 32.1. The molecule has 0 unspecified atom stereocenters. The summed E-state index contributed by atoms with van der Waals surface area (Å²) in [7, 11) is 0. The summed E-state index contributed by atoms with van der Waals surface area (Å²) in [6.45, 7) is 3.24. The van der Waals surface area contributed by atoms with E-state index in [0.717, 1.165) is 11.3 Å². The molecule has 0 amide bonds. The second-order valence-corrected chi connectivity index (χ2v) is 5.58. The monoisotopic (exact) mass is 326 g/mol. The summed E-state index contributed by atoms with van der Waals surface area (Å²) in [5.74, 6) is 0.860. The lowest BCUT2D eigenvalue weighted by Gasteiger charge is -2.13. The molecule has 0 aliphatic heterocycles. The van der Waals surface area contributed by atoms with E-state index in [1.807, 2.05) is 36.4 Å². The number of para-hydroxylation sites is 1. The SMILES string of the molecule is Cc1ccccc1COc1ccccc1CNn1cn[nH]c1=S. The molecule has 2 N–H and O–H groups in total. The van der Waals surface area contributed by atoms with E-state index in [2.05, 4.69) is 34.7 Å². The van der Waals surface area contributed by atoms with E-state index in [1.54, 1.807) is 11.0 Å². The number of ether oxygens (including phenoxy) is 1. The molecule has 0 bridgehead atoms. The van der Waals surface area contributed by atoms with Crippen LogP contribution in [0.5, 0.6) is 5.75 Å². The van der Waals surface area contributed by atoms with Crippen molar-refractivity contribution in [3.05, 3.63) is 76.3 Å². The molecule has 2 aromatic carbocycles. The summed E-state index contributed by atoms with van der Waals surface area (Å²) < 4.78 is 8.21. The van der Waals surface area contributed by atoms with E-state index < -0.39 is 0 Å². The van der Waals surface area contributed by atoms with Gasteiger partial charge in [-0.15, -0.1) is 0 Å². The number of aromatic nitrogens is 3. The van der Waals surface area contributed by atoms with Crippen molar-refractivity contribution in [3.63, 3.8) is 0 Å². The molecule has 0 saturated heterocycles. The van der Waals surface area contributed by atoms with Crippen LogP contribution in [-0.4, -0.2) is 14.9 Å². The number of benzene rings is 2. The van der Waals surface area contributed by atoms with Gasteiger partial charge in [-0.05, 0) is 36.3 Å². The lowest BCUT2D eigenvalue weighted by Crippen LogP contribution is -2.14. The van der Waals surface area contributed by atoms with Gasteiger partial charge in [0, 0.05) is 5.56 Å². The van der Waals surface area contributed by atoms with Gasteiger partial charge in [0.25, 0.3) is 0 Å². The molecule has 1 heterocycles. The molecule has 118 valence electrons. The molecule has 23 heavy (non-hydrogen) atoms. The fourth-order valence-electron chi connectivity index (χ4n) is 2.25. The second kappa shape index (κ2) is 7.11. The number of H-pyrrole nitrogens is 1. The molecule has 3 rings (SSSR count). The van der Waals surface area contributed by atoms with Crippen molar-refractivity contribution < 1.29 is 4.74 Å². The van der Waals surface area contributed by atoms with Gasteiger partial charge >= 0.3 is 0 Å². The van der Waals surface area contributed by atoms with E-state index in [1.165, 1.54) is 11.1 Å². The third-order valence-electron chi connectivity index (χ3n) is 3.61. The molecule has 0 spiro atoms. The molecule has 0 aliphatic rings. The Kier molecular flexibility index (Phi) is 4.73. The zero-order valence-electron chi connectivity index (χ0n) is 12.8. The van der Waals surface area contributed by atoms with Gasteiger partial charge in [-0.1, -0.05) is 42.5 Å². The van der Waals surface area contributed by atoms with Crippen LogP contribution in [0, 0.1) is 11.7 Å². The van der Waals surface area contributed by atoms with Gasteiger partial charge in [0.1, 0.15) is 18.7 Å². The fourth-order valence-corrected chi connectivity index (χ4v) is 2.41. The van der Waals surface area contributed by atoms with Crippen LogP contribution in [0.15, 0.2) is 54.9 Å². The molecular weight excluding hydrogens is 308 g/mol. The van der Waals surface area contributed by atoms with Gasteiger partial charge in [0.05, 0.1) is 6.54 Å². The van der Waals surface area contributed by atoms with Gasteiger partial charge in [0.15, 0.2) is 0 Å². The standard InChI is InChI=1S/C17H18N4OS/c1-13-6-2-3-8-15(13)11-22-16-9-5-4-7-14(16)10-19-21-12-18-20-17(21)23/h2-9,12,19H,10-11H2,1H3,(H,20,23). The van der Waals surface area contributed by atoms with Crippen LogP contribution in [0.4, 0.5) is 0 Å². The zero-order valence-corrected chi connectivity index (χ0v) is 13.6. The Morgan fingerprint density at radius 2 is 1.87 bits per heavy atom. The third kappa shape index (κ3) is 3.78. The largest absolute Gasteiger partial charge is 0.489 e. The second-order valence-electron chi connectivity index (χ2n) is 5.19. The van der Waals surface area contributed by atoms with E-state index in [4.69, 9.17) is 17.0 Å². The van der Waals surface area contributed by atoms with Crippen LogP contribution in [-0.2, 0) is 13.2 Å². The van der Waals surface area contributed by atoms with Crippen molar-refractivity contribution in [2.45, 2.75) is 20.1 Å². The molecule has 0 saturated carbocycles. The lowest BCUT2D eigenvalue weighted by molar-refractivity contribution is 0.302. The predicted molar refractivity (Wildman–Crippen MR) is 92.4 cm³/mol. The van der Waals surface area contributed by atoms with Crippen molar-refractivity contribution in [1.29, 1.82) is 0 Å². The molecule has 5 nitrogen and oxygen atoms in total. The molecule has 6 heteroatoms. The van der Waals surface area contributed by atoms with Crippen LogP contribution in [0.1, 0.15) is 16.7 Å². The van der Waals surface area contributed by atoms with Crippen LogP contribution in [0.25, 0.3) is 0 Å². The van der Waals surface area contributed by atoms with Crippen LogP contribution < -0.4 is 10.2 Å². The number of rotatable bonds is 6. The average Bonchev–Trinajstić information content (AvgIpc) is 2.98. The first-order chi connectivity index (χ1) is 11.2. The highest BCUT2D eigenvalue weighted by Gasteiger charge is 2.05. The summed E-state index contributed by atoms with van der Waals surface area (Å²) >= 11 is 5.11. The van der Waals surface area contributed by atoms with E-state index >= 15 is 0 Å². The highest BCUT2D eigenvalue weighted by Crippen LogP contribution is 2.20. The molecule has 1 aromatic heterocycles. The number of aryl methyl sites for hydroxylation is 1. The molecule has 0 radical (unpaired) electrons. The minimum atomic E-state index is 0.531. The predicted octanol–water partition coefficient (Wildman–Crippen LogP) is 3.57. The van der Waals surface area contributed by atoms with E-state index in [0.29, 0.717) is 17.9 Å². The summed E-state index contributed by atoms with van der Waals surface area (Å²) in [4.78, 5) is 0. The van der Waals surface area contributed by atoms with Gasteiger partial charge in [0.2, 0.25) is 4.77 Å². The molecule has 0 aliphatic carbocycles. The summed E-state index contributed by atoms with van der Waals surface area (Å²) in [5, 5.41) is 6.59. The minimum absolute atomic E-state index is 0.531. The Balaban J connectivity index is 1.69. The summed E-state index contributed by atoms with van der Waals surface area (Å²) in [5.41, 5.74) is 6.67. The Morgan fingerprint density at radius 3 is 2.61 bits per heavy atom. The normalized spacial score (nSPS) is 10.5. The van der Waals surface area contributed by atoms with Crippen molar-refractivity contribution in [1.82, 2.24) is 14.9 Å². The first kappa shape index (κ1) is 15.3. The fraction of sp³-hybridized carbons (Fsp3) is 0.176. The number of hydrogen-bond donors (Lipinski definition) is 2. The quantitative estimate of drug-likeness (QED) is 0.680. The zero-order chi connectivity index (χ0) is 16.1. The van der Waals surface area contributed by atoms with E-state index in [9.17, 15) is 0 Å². The lowest BCUT2D eigenvalue weighted by atomic mass is 10.1. The summed E-state index contributed by atoms with van der Waals surface area (Å²) in [6, 6.07) is 16.2. The van der Waals surface area contributed by atoms with Crippen LogP contribution in [0.2, 0.25) is 0 Å². The first-order valence-corrected chi connectivity index (χ1v) is 7.76. The summed E-state index contributed by atoms with van der Waals surface area (Å²) in [6.07, 6.45) is 1.61. The van der Waals surface area contributed by atoms with E-state index in [-0.39, 0.29) is 0 Å². The van der Waals surface area contributed by atoms with Crippen LogP contribution in [0.3, 0.4) is 0 Å². The van der Waals surface area contributed by atoms with Gasteiger partial charge in [-0.2, -0.15) is 5.10 Å². The Hall–Kier alpha value is -2.60. The molecule has 0 atom stereocenters. The highest BCUT2D eigenvalue weighted by molar-refractivity contribution is 7.71. The first-order valence-electron chi connectivity index (χ1n) is 7.35. The molecular formula is C17H18N4OS. The topological polar surface area (TPSA) is 54.9 Å². The maximum absolute atomic E-state index is 6.01. The number of hydrogen-bond acceptors (Lipinski definition) is 4. The Morgan fingerprint density at radius 1 is 1.13 bits per heavy atom. The average molecular weight is 326 g/mol.